The Morgan fingerprint density at radius 3 is 3.16 bits per heavy atom. The minimum Gasteiger partial charge on any atom is -0.396 e. The fourth-order valence-electron chi connectivity index (χ4n) is 2.54. The fraction of sp³-hybridized carbons (Fsp3) is 0.692. The van der Waals surface area contributed by atoms with Crippen LogP contribution >= 0.6 is 11.6 Å². The number of aromatic nitrogens is 2. The first-order valence-electron chi connectivity index (χ1n) is 6.90. The average Bonchev–Trinajstić information content (AvgIpc) is 2.87. The van der Waals surface area contributed by atoms with E-state index in [0.717, 1.165) is 44.6 Å². The quantitative estimate of drug-likeness (QED) is 0.839. The highest BCUT2D eigenvalue weighted by Crippen LogP contribution is 2.32. The van der Waals surface area contributed by atoms with E-state index in [9.17, 15) is 0 Å². The Bertz CT molecular complexity index is 416. The number of nitrogens with one attached hydrogen (secondary N) is 1. The second-order valence-electron chi connectivity index (χ2n) is 4.75. The van der Waals surface area contributed by atoms with Crippen LogP contribution in [0.5, 0.6) is 0 Å². The third kappa shape index (κ3) is 3.48. The zero-order chi connectivity index (χ0) is 13.7. The van der Waals surface area contributed by atoms with Crippen molar-refractivity contribution in [2.24, 2.45) is 0 Å². The van der Waals surface area contributed by atoms with Gasteiger partial charge in [0.2, 0.25) is 5.95 Å². The lowest BCUT2D eigenvalue weighted by Gasteiger charge is -2.26. The normalized spacial score (nSPS) is 18.9. The van der Waals surface area contributed by atoms with Gasteiger partial charge in [0.15, 0.2) is 5.82 Å². The van der Waals surface area contributed by atoms with Gasteiger partial charge in [-0.05, 0) is 32.6 Å². The Hall–Kier alpha value is -1.07. The minimum atomic E-state index is 0.241. The highest BCUT2D eigenvalue weighted by Gasteiger charge is 2.27. The Morgan fingerprint density at radius 2 is 2.42 bits per heavy atom. The molecule has 1 aromatic rings. The zero-order valence-corrected chi connectivity index (χ0v) is 12.0. The van der Waals surface area contributed by atoms with Crippen molar-refractivity contribution in [3.8, 4) is 0 Å². The largest absolute Gasteiger partial charge is 0.396 e. The second-order valence-corrected chi connectivity index (χ2v) is 5.16. The summed E-state index contributed by atoms with van der Waals surface area (Å²) in [6.45, 7) is 4.01. The van der Waals surface area contributed by atoms with Crippen molar-refractivity contribution in [2.75, 3.05) is 29.9 Å². The molecule has 1 unspecified atom stereocenters. The van der Waals surface area contributed by atoms with E-state index in [4.69, 9.17) is 16.7 Å². The first-order valence-corrected chi connectivity index (χ1v) is 7.28. The van der Waals surface area contributed by atoms with Crippen LogP contribution in [-0.2, 0) is 0 Å². The van der Waals surface area contributed by atoms with Gasteiger partial charge in [-0.2, -0.15) is 4.98 Å². The van der Waals surface area contributed by atoms with Crippen molar-refractivity contribution in [1.82, 2.24) is 9.97 Å². The van der Waals surface area contributed by atoms with E-state index in [-0.39, 0.29) is 6.61 Å². The SMILES string of the molecule is CCNc1ncc(Cl)c(N2CCCC2CCCO)n1. The molecule has 6 heteroatoms. The summed E-state index contributed by atoms with van der Waals surface area (Å²) in [6.07, 6.45) is 5.74. The summed E-state index contributed by atoms with van der Waals surface area (Å²) in [6, 6.07) is 0.425. The van der Waals surface area contributed by atoms with Crippen molar-refractivity contribution in [2.45, 2.75) is 38.6 Å². The van der Waals surface area contributed by atoms with E-state index >= 15 is 0 Å². The number of rotatable bonds is 6. The molecule has 0 bridgehead atoms. The van der Waals surface area contributed by atoms with E-state index in [2.05, 4.69) is 20.2 Å². The zero-order valence-electron chi connectivity index (χ0n) is 11.3. The van der Waals surface area contributed by atoms with Crippen molar-refractivity contribution < 1.29 is 5.11 Å². The van der Waals surface area contributed by atoms with E-state index in [0.29, 0.717) is 17.0 Å². The molecule has 0 amide bonds. The van der Waals surface area contributed by atoms with Gasteiger partial charge in [0.25, 0.3) is 0 Å². The molecule has 0 spiro atoms. The van der Waals surface area contributed by atoms with Crippen LogP contribution in [0.1, 0.15) is 32.6 Å². The van der Waals surface area contributed by atoms with Crippen LogP contribution in [0.2, 0.25) is 5.02 Å². The first-order chi connectivity index (χ1) is 9.26. The monoisotopic (exact) mass is 284 g/mol. The third-order valence-electron chi connectivity index (χ3n) is 3.41. The maximum atomic E-state index is 8.97. The van der Waals surface area contributed by atoms with Crippen molar-refractivity contribution in [1.29, 1.82) is 0 Å². The fourth-order valence-corrected chi connectivity index (χ4v) is 2.74. The highest BCUT2D eigenvalue weighted by molar-refractivity contribution is 6.32. The molecular formula is C13H21ClN4O. The number of hydrogen-bond acceptors (Lipinski definition) is 5. The first kappa shape index (κ1) is 14.3. The van der Waals surface area contributed by atoms with Gasteiger partial charge in [-0.25, -0.2) is 4.98 Å². The highest BCUT2D eigenvalue weighted by atomic mass is 35.5. The van der Waals surface area contributed by atoms with Crippen LogP contribution in [0.25, 0.3) is 0 Å². The van der Waals surface area contributed by atoms with Gasteiger partial charge < -0.3 is 15.3 Å². The summed E-state index contributed by atoms with van der Waals surface area (Å²) < 4.78 is 0. The van der Waals surface area contributed by atoms with Crippen LogP contribution < -0.4 is 10.2 Å². The maximum absolute atomic E-state index is 8.97. The topological polar surface area (TPSA) is 61.3 Å². The second kappa shape index (κ2) is 6.91. The average molecular weight is 285 g/mol. The number of hydrogen-bond donors (Lipinski definition) is 2. The van der Waals surface area contributed by atoms with Crippen LogP contribution in [-0.4, -0.2) is 40.8 Å². The molecule has 1 saturated heterocycles. The molecule has 1 aliphatic rings. The van der Waals surface area contributed by atoms with E-state index in [1.54, 1.807) is 6.20 Å². The molecule has 5 nitrogen and oxygen atoms in total. The van der Waals surface area contributed by atoms with Gasteiger partial charge in [-0.3, -0.25) is 0 Å². The van der Waals surface area contributed by atoms with Gasteiger partial charge in [-0.15, -0.1) is 0 Å². The van der Waals surface area contributed by atoms with Crippen molar-refractivity contribution in [3.05, 3.63) is 11.2 Å². The lowest BCUT2D eigenvalue weighted by Crippen LogP contribution is -2.30. The molecule has 19 heavy (non-hydrogen) atoms. The van der Waals surface area contributed by atoms with Crippen LogP contribution in [0.3, 0.4) is 0 Å². The smallest absolute Gasteiger partial charge is 0.224 e. The van der Waals surface area contributed by atoms with Gasteiger partial charge >= 0.3 is 0 Å². The van der Waals surface area contributed by atoms with E-state index < -0.39 is 0 Å². The molecule has 1 aliphatic heterocycles. The Balaban J connectivity index is 2.16. The van der Waals surface area contributed by atoms with E-state index in [1.165, 1.54) is 0 Å². The summed E-state index contributed by atoms with van der Waals surface area (Å²) in [5.74, 6) is 1.43. The molecule has 0 radical (unpaired) electrons. The summed E-state index contributed by atoms with van der Waals surface area (Å²) in [5, 5.41) is 12.7. The number of aliphatic hydroxyl groups excluding tert-OH is 1. The molecule has 1 fully saturated rings. The molecule has 106 valence electrons. The number of nitrogens with zero attached hydrogens (tertiary/aromatic N) is 3. The van der Waals surface area contributed by atoms with Gasteiger partial charge in [0.05, 0.1) is 6.20 Å². The molecule has 0 aromatic carbocycles. The molecule has 2 N–H and O–H groups in total. The van der Waals surface area contributed by atoms with Crippen LogP contribution in [0, 0.1) is 0 Å². The van der Waals surface area contributed by atoms with Gasteiger partial charge in [-0.1, -0.05) is 11.6 Å². The maximum Gasteiger partial charge on any atom is 0.224 e. The summed E-state index contributed by atoms with van der Waals surface area (Å²) in [4.78, 5) is 10.9. The van der Waals surface area contributed by atoms with Gasteiger partial charge in [0, 0.05) is 25.7 Å². The minimum absolute atomic E-state index is 0.241. The van der Waals surface area contributed by atoms with E-state index in [1.807, 2.05) is 6.92 Å². The van der Waals surface area contributed by atoms with Crippen molar-refractivity contribution in [3.63, 3.8) is 0 Å². The van der Waals surface area contributed by atoms with Crippen LogP contribution in [0.4, 0.5) is 11.8 Å². The lowest BCUT2D eigenvalue weighted by atomic mass is 10.1. The summed E-state index contributed by atoms with van der Waals surface area (Å²) in [5.41, 5.74) is 0. The predicted molar refractivity (Wildman–Crippen MR) is 77.9 cm³/mol. The standard InChI is InChI=1S/C13H21ClN4O/c1-2-15-13-16-9-11(14)12(17-13)18-7-3-5-10(18)6-4-8-19/h9-10,19H,2-8H2,1H3,(H,15,16,17). The number of aliphatic hydroxyl groups is 1. The summed E-state index contributed by atoms with van der Waals surface area (Å²) in [7, 11) is 0. The Morgan fingerprint density at radius 1 is 1.58 bits per heavy atom. The third-order valence-corrected chi connectivity index (χ3v) is 3.67. The number of anilines is 2. The molecule has 2 rings (SSSR count). The molecular weight excluding hydrogens is 264 g/mol. The lowest BCUT2D eigenvalue weighted by molar-refractivity contribution is 0.279. The molecule has 1 atom stereocenters. The number of halogens is 1. The van der Waals surface area contributed by atoms with Gasteiger partial charge in [0.1, 0.15) is 5.02 Å². The summed E-state index contributed by atoms with van der Waals surface area (Å²) >= 11 is 6.23. The molecule has 2 heterocycles. The van der Waals surface area contributed by atoms with Crippen LogP contribution in [0.15, 0.2) is 6.20 Å². The van der Waals surface area contributed by atoms with Crippen molar-refractivity contribution >= 4 is 23.4 Å². The molecule has 0 aliphatic carbocycles. The molecule has 1 aromatic heterocycles. The Kier molecular flexibility index (Phi) is 5.22. The predicted octanol–water partition coefficient (Wildman–Crippen LogP) is 2.30. The molecule has 0 saturated carbocycles. The Labute approximate surface area is 119 Å².